The third-order valence-corrected chi connectivity index (χ3v) is 3.82. The zero-order valence-electron chi connectivity index (χ0n) is 7.45. The highest BCUT2D eigenvalue weighted by Gasteiger charge is 2.32. The monoisotopic (exact) mass is 189 g/mol. The van der Waals surface area contributed by atoms with Crippen molar-refractivity contribution in [2.24, 2.45) is 17.7 Å². The van der Waals surface area contributed by atoms with Crippen LogP contribution >= 0.6 is 11.8 Å². The third-order valence-electron chi connectivity index (χ3n) is 2.34. The Kier molecular flexibility index (Phi) is 3.40. The number of carbonyl (C=O) groups excluding carboxylic acids is 1. The Balaban J connectivity index is 2.54. The Morgan fingerprint density at radius 1 is 1.58 bits per heavy atom. The number of rotatable bonds is 1. The van der Waals surface area contributed by atoms with E-state index in [2.05, 4.69) is 18.7 Å². The Bertz CT molecular complexity index is 174. The quantitative estimate of drug-likeness (QED) is 0.629. The van der Waals surface area contributed by atoms with E-state index in [0.717, 1.165) is 12.2 Å². The Hall–Kier alpha value is -0.220. The van der Waals surface area contributed by atoms with Gasteiger partial charge in [0.05, 0.1) is 5.92 Å². The molecule has 0 aliphatic carbocycles. The lowest BCUT2D eigenvalue weighted by Gasteiger charge is -2.29. The second kappa shape index (κ2) is 4.14. The molecular weight excluding hydrogens is 174 g/mol. The summed E-state index contributed by atoms with van der Waals surface area (Å²) in [5.74, 6) is 6.02. The first kappa shape index (κ1) is 9.86. The summed E-state index contributed by atoms with van der Waals surface area (Å²) in [5.41, 5.74) is 0. The van der Waals surface area contributed by atoms with Gasteiger partial charge in [-0.25, -0.2) is 0 Å². The summed E-state index contributed by atoms with van der Waals surface area (Å²) in [7, 11) is 0. The molecule has 0 bridgehead atoms. The van der Waals surface area contributed by atoms with Gasteiger partial charge in [-0.3, -0.25) is 4.79 Å². The number of hydrogen-bond donors (Lipinski definition) is 1. The van der Waals surface area contributed by atoms with Crippen LogP contribution in [0.4, 0.5) is 0 Å². The average Bonchev–Trinajstić information content (AvgIpc) is 2.08. The van der Waals surface area contributed by atoms with Crippen molar-refractivity contribution >= 4 is 17.7 Å². The maximum absolute atomic E-state index is 11.2. The lowest BCUT2D eigenvalue weighted by atomic mass is 9.91. The molecule has 1 fully saturated rings. The van der Waals surface area contributed by atoms with Crippen molar-refractivity contribution in [2.45, 2.75) is 25.5 Å². The van der Waals surface area contributed by atoms with Crippen LogP contribution in [-0.4, -0.2) is 17.0 Å². The molecule has 2 N–H and O–H groups in total. The summed E-state index contributed by atoms with van der Waals surface area (Å²) in [6.45, 7) is 4.20. The summed E-state index contributed by atoms with van der Waals surface area (Å²) in [5, 5.41) is 0.547. The number of thioether (sulfide) groups is 1. The lowest BCUT2D eigenvalue weighted by molar-refractivity contribution is -0.151. The first-order valence-corrected chi connectivity index (χ1v) is 5.22. The van der Waals surface area contributed by atoms with Gasteiger partial charge in [0, 0.05) is 5.25 Å². The highest BCUT2D eigenvalue weighted by Crippen LogP contribution is 2.33. The molecule has 1 aliphatic heterocycles. The minimum atomic E-state index is -0.255. The highest BCUT2D eigenvalue weighted by molar-refractivity contribution is 7.99. The summed E-state index contributed by atoms with van der Waals surface area (Å²) < 4.78 is 0. The molecule has 1 saturated heterocycles. The van der Waals surface area contributed by atoms with Crippen LogP contribution in [0.2, 0.25) is 0 Å². The summed E-state index contributed by atoms with van der Waals surface area (Å²) in [6.07, 6.45) is 0.891. The van der Waals surface area contributed by atoms with Gasteiger partial charge in [-0.15, -0.1) is 0 Å². The minimum Gasteiger partial charge on any atom is -0.373 e. The summed E-state index contributed by atoms with van der Waals surface area (Å²) in [6, 6.07) is 0. The molecule has 1 aliphatic rings. The zero-order chi connectivity index (χ0) is 9.14. The first-order valence-electron chi connectivity index (χ1n) is 4.17. The third kappa shape index (κ3) is 2.14. The van der Waals surface area contributed by atoms with E-state index in [1.165, 1.54) is 0 Å². The van der Waals surface area contributed by atoms with E-state index < -0.39 is 0 Å². The van der Waals surface area contributed by atoms with Crippen molar-refractivity contribution in [3.63, 3.8) is 0 Å². The molecule has 4 heteroatoms. The molecule has 70 valence electrons. The van der Waals surface area contributed by atoms with E-state index >= 15 is 0 Å². The smallest absolute Gasteiger partial charge is 0.327 e. The molecule has 3 nitrogen and oxygen atoms in total. The van der Waals surface area contributed by atoms with Crippen LogP contribution in [0.3, 0.4) is 0 Å². The van der Waals surface area contributed by atoms with Gasteiger partial charge in [-0.1, -0.05) is 13.8 Å². The van der Waals surface area contributed by atoms with E-state index in [-0.39, 0.29) is 11.9 Å². The van der Waals surface area contributed by atoms with Crippen molar-refractivity contribution in [2.75, 3.05) is 5.75 Å². The van der Waals surface area contributed by atoms with Crippen LogP contribution in [0.1, 0.15) is 20.3 Å². The largest absolute Gasteiger partial charge is 0.373 e. The van der Waals surface area contributed by atoms with Crippen molar-refractivity contribution < 1.29 is 9.63 Å². The normalized spacial score (nSPS) is 36.1. The molecule has 3 atom stereocenters. The van der Waals surface area contributed by atoms with Crippen molar-refractivity contribution in [3.8, 4) is 0 Å². The molecule has 0 aromatic carbocycles. The Labute approximate surface area is 77.0 Å². The van der Waals surface area contributed by atoms with Crippen LogP contribution in [0, 0.1) is 11.8 Å². The fourth-order valence-electron chi connectivity index (χ4n) is 1.51. The van der Waals surface area contributed by atoms with E-state index in [1.54, 1.807) is 0 Å². The second-order valence-electron chi connectivity index (χ2n) is 3.40. The Morgan fingerprint density at radius 2 is 2.25 bits per heavy atom. The number of hydrogen-bond acceptors (Lipinski definition) is 4. The molecule has 0 amide bonds. The topological polar surface area (TPSA) is 52.3 Å². The van der Waals surface area contributed by atoms with Crippen LogP contribution in [0.25, 0.3) is 0 Å². The highest BCUT2D eigenvalue weighted by atomic mass is 32.2. The molecule has 0 radical (unpaired) electrons. The molecule has 1 heterocycles. The van der Waals surface area contributed by atoms with Gasteiger partial charge < -0.3 is 4.84 Å². The van der Waals surface area contributed by atoms with Gasteiger partial charge >= 0.3 is 5.97 Å². The van der Waals surface area contributed by atoms with Gasteiger partial charge in [0.1, 0.15) is 0 Å². The van der Waals surface area contributed by atoms with Crippen molar-refractivity contribution in [3.05, 3.63) is 0 Å². The van der Waals surface area contributed by atoms with Gasteiger partial charge in [0.2, 0.25) is 0 Å². The molecule has 0 saturated carbocycles. The molecule has 0 unspecified atom stereocenters. The minimum absolute atomic E-state index is 0.00579. The number of nitrogens with two attached hydrogens (primary N) is 1. The molecular formula is C8H15NO2S. The predicted octanol–water partition coefficient (Wildman–Crippen LogP) is 1.18. The first-order chi connectivity index (χ1) is 5.65. The molecule has 0 aromatic heterocycles. The van der Waals surface area contributed by atoms with Crippen LogP contribution < -0.4 is 5.90 Å². The lowest BCUT2D eigenvalue weighted by Crippen LogP contribution is -2.33. The standard InChI is InChI=1S/C8H15NO2S/c1-5-4-12-6(2)3-7(5)8(10)11-9/h5-7H,3-4,9H2,1-2H3/t5-,6-,7-/m1/s1. The van der Waals surface area contributed by atoms with E-state index in [1.807, 2.05) is 11.8 Å². The molecule has 0 spiro atoms. The van der Waals surface area contributed by atoms with Crippen molar-refractivity contribution in [1.29, 1.82) is 0 Å². The van der Waals surface area contributed by atoms with Gasteiger partial charge in [0.25, 0.3) is 0 Å². The summed E-state index contributed by atoms with van der Waals surface area (Å²) >= 11 is 1.91. The van der Waals surface area contributed by atoms with E-state index in [4.69, 9.17) is 5.90 Å². The number of carbonyl (C=O) groups is 1. The maximum Gasteiger partial charge on any atom is 0.327 e. The maximum atomic E-state index is 11.2. The molecule has 12 heavy (non-hydrogen) atoms. The van der Waals surface area contributed by atoms with Gasteiger partial charge in [-0.05, 0) is 18.1 Å². The zero-order valence-corrected chi connectivity index (χ0v) is 8.26. The van der Waals surface area contributed by atoms with Crippen LogP contribution in [-0.2, 0) is 9.63 Å². The Morgan fingerprint density at radius 3 is 2.83 bits per heavy atom. The van der Waals surface area contributed by atoms with Gasteiger partial charge in [0.15, 0.2) is 0 Å². The fraction of sp³-hybridized carbons (Fsp3) is 0.875. The fourth-order valence-corrected chi connectivity index (χ4v) is 2.71. The van der Waals surface area contributed by atoms with Crippen LogP contribution in [0.15, 0.2) is 0 Å². The predicted molar refractivity (Wildman–Crippen MR) is 49.5 cm³/mol. The van der Waals surface area contributed by atoms with Crippen molar-refractivity contribution in [1.82, 2.24) is 0 Å². The summed E-state index contributed by atoms with van der Waals surface area (Å²) in [4.78, 5) is 15.4. The SMILES string of the molecule is C[C@@H]1C[C@@H](C(=O)ON)[C@H](C)CS1. The molecule has 0 aromatic rings. The second-order valence-corrected chi connectivity index (χ2v) is 4.87. The van der Waals surface area contributed by atoms with Gasteiger partial charge in [-0.2, -0.15) is 17.7 Å². The molecule has 1 rings (SSSR count). The van der Waals surface area contributed by atoms with Crippen LogP contribution in [0.5, 0.6) is 0 Å². The average molecular weight is 189 g/mol. The van der Waals surface area contributed by atoms with E-state index in [0.29, 0.717) is 11.2 Å². The van der Waals surface area contributed by atoms with E-state index in [9.17, 15) is 4.79 Å².